The average Bonchev–Trinajstić information content (AvgIpc) is 3.55. The smallest absolute Gasteiger partial charge is 0.340 e. The fourth-order valence-electron chi connectivity index (χ4n) is 8.57. The number of esters is 5. The minimum Gasteiger partial charge on any atom is -0.504 e. The first-order valence-corrected chi connectivity index (χ1v) is 18.4. The molecule has 5 heterocycles. The van der Waals surface area contributed by atoms with Gasteiger partial charge in [0.05, 0.1) is 28.2 Å². The second kappa shape index (κ2) is 13.8. The summed E-state index contributed by atoms with van der Waals surface area (Å²) in [6.45, 7) is -1.44. The number of carbonyl (C=O) groups is 6. The van der Waals surface area contributed by atoms with Crippen LogP contribution in [0.4, 0.5) is 0 Å². The number of benzene rings is 4. The van der Waals surface area contributed by atoms with E-state index in [1.165, 1.54) is 0 Å². The van der Waals surface area contributed by atoms with E-state index in [4.69, 9.17) is 23.7 Å². The van der Waals surface area contributed by atoms with Crippen LogP contribution in [-0.4, -0.2) is 138 Å². The molecule has 25 heteroatoms. The van der Waals surface area contributed by atoms with Crippen molar-refractivity contribution in [2.75, 3.05) is 6.61 Å². The van der Waals surface area contributed by atoms with Crippen LogP contribution in [0.15, 0.2) is 17.9 Å². The minimum absolute atomic E-state index is 0.361. The summed E-state index contributed by atoms with van der Waals surface area (Å²) >= 11 is 0. The highest BCUT2D eigenvalue weighted by Crippen LogP contribution is 2.61. The standard InChI is InChI=1S/C40H26O25/c41-8-2-7-14(21(8)44)15-18-16(27(50)31(54)26(15)49)17-19-20(29(52)32(55)28(17)51)30(53)34(64-40(19)60)35(65-39(18)59)33-11(62-37(7)57)4-61-36(56)5-1-9(42)22(45)24(47)12(5)13-6(38(58)63-33)3-10(43)23(46)25(13)48/h1,3,7,11,30,33-35,42-55H,2,4H2/t7?,11-,30-,33-,34+,35+/m1/s1. The van der Waals surface area contributed by atoms with Gasteiger partial charge in [0, 0.05) is 45.4 Å². The first-order valence-electron chi connectivity index (χ1n) is 18.4. The van der Waals surface area contributed by atoms with Gasteiger partial charge in [-0.05, 0) is 12.1 Å². The number of carbonyl (C=O) groups excluding carboxylic acids is 6. The zero-order valence-electron chi connectivity index (χ0n) is 31.8. The van der Waals surface area contributed by atoms with Gasteiger partial charge in [-0.15, -0.1) is 0 Å². The van der Waals surface area contributed by atoms with Gasteiger partial charge in [-0.1, -0.05) is 0 Å². The lowest BCUT2D eigenvalue weighted by atomic mass is 9.80. The lowest BCUT2D eigenvalue weighted by molar-refractivity contribution is -0.180. The number of allylic oxidation sites excluding steroid dienone is 1. The second-order valence-corrected chi connectivity index (χ2v) is 15.0. The number of Topliss-reactive ketones (excluding diaryl/α,β-unsaturated/α-hetero) is 1. The number of hydrogen-bond acceptors (Lipinski definition) is 25. The molecule has 6 atom stereocenters. The van der Waals surface area contributed by atoms with Gasteiger partial charge >= 0.3 is 29.8 Å². The molecule has 5 aliphatic heterocycles. The molecule has 0 radical (unpaired) electrons. The molecule has 10 rings (SSSR count). The molecule has 65 heavy (non-hydrogen) atoms. The molecule has 1 aliphatic carbocycles. The lowest BCUT2D eigenvalue weighted by Gasteiger charge is -2.40. The Bertz CT molecular complexity index is 3020. The fraction of sp³-hybridized carbons (Fsp3) is 0.200. The molecule has 6 bridgehead atoms. The van der Waals surface area contributed by atoms with Crippen LogP contribution in [0.2, 0.25) is 0 Å². The quantitative estimate of drug-likeness (QED) is 0.0658. The van der Waals surface area contributed by atoms with E-state index < -0.39 is 221 Å². The third kappa shape index (κ3) is 5.47. The van der Waals surface area contributed by atoms with Crippen LogP contribution >= 0.6 is 0 Å². The number of aliphatic hydroxyl groups is 2. The Kier molecular flexibility index (Phi) is 8.75. The minimum atomic E-state index is -2.72. The fourth-order valence-corrected chi connectivity index (χ4v) is 8.57. The Morgan fingerprint density at radius 1 is 0.446 bits per heavy atom. The number of phenolic OH excluding ortho intramolecular Hbond substituents is 12. The lowest BCUT2D eigenvalue weighted by Crippen LogP contribution is -2.56. The number of ketones is 1. The van der Waals surface area contributed by atoms with Crippen molar-refractivity contribution in [1.29, 1.82) is 0 Å². The van der Waals surface area contributed by atoms with Crippen LogP contribution < -0.4 is 0 Å². The Labute approximate surface area is 356 Å². The van der Waals surface area contributed by atoms with Crippen molar-refractivity contribution < 1.29 is 124 Å². The van der Waals surface area contributed by atoms with Gasteiger partial charge in [-0.2, -0.15) is 0 Å². The van der Waals surface area contributed by atoms with Crippen molar-refractivity contribution >= 4 is 41.2 Å². The maximum Gasteiger partial charge on any atom is 0.340 e. The van der Waals surface area contributed by atoms with Crippen molar-refractivity contribution in [3.05, 3.63) is 51.3 Å². The number of ether oxygens (including phenoxy) is 5. The summed E-state index contributed by atoms with van der Waals surface area (Å²) in [4.78, 5) is 85.2. The average molecular weight is 907 g/mol. The maximum absolute atomic E-state index is 14.9. The van der Waals surface area contributed by atoms with Gasteiger partial charge in [0.2, 0.25) is 23.0 Å². The predicted octanol–water partition coefficient (Wildman–Crippen LogP) is 0.779. The molecule has 14 N–H and O–H groups in total. The van der Waals surface area contributed by atoms with Crippen LogP contribution in [0, 0.1) is 5.92 Å². The number of cyclic esters (lactones) is 1. The molecule has 6 aliphatic rings. The van der Waals surface area contributed by atoms with Gasteiger partial charge in [0.25, 0.3) is 0 Å². The van der Waals surface area contributed by atoms with E-state index in [1.54, 1.807) is 0 Å². The number of aromatic hydroxyl groups is 12. The van der Waals surface area contributed by atoms with E-state index in [2.05, 4.69) is 0 Å². The van der Waals surface area contributed by atoms with E-state index in [0.717, 1.165) is 0 Å². The molecular weight excluding hydrogens is 880 g/mol. The molecule has 4 aromatic rings. The van der Waals surface area contributed by atoms with Gasteiger partial charge in [-0.3, -0.25) is 9.59 Å². The third-order valence-corrected chi connectivity index (χ3v) is 11.5. The molecule has 0 saturated carbocycles. The van der Waals surface area contributed by atoms with Gasteiger partial charge < -0.3 is 95.2 Å². The summed E-state index contributed by atoms with van der Waals surface area (Å²) in [5.41, 5.74) is -12.8. The molecule has 25 nitrogen and oxygen atoms in total. The number of fused-ring (bicyclic) bond motifs is 7. The summed E-state index contributed by atoms with van der Waals surface area (Å²) in [6, 6.07) is 0.798. The molecule has 4 aromatic carbocycles. The van der Waals surface area contributed by atoms with Gasteiger partial charge in [-0.25, -0.2) is 19.2 Å². The Hall–Kier alpha value is -9.00. The molecule has 1 unspecified atom stereocenters. The SMILES string of the molecule is O=C1CC2C(=O)O[C@@H]3COC(=O)c4cc(O)c(O)c(O)c4-c4c(cc(O)c(O)c4O)C(=O)O[C@H]3[C@@H]3OC(=O)c4c(c(O)c(O)c(O)c4-c4c(O)c(O)c(O)c5c4C(=O)O[C@H]3[C@@H]5O)C2=C1O. The van der Waals surface area contributed by atoms with Gasteiger partial charge in [0.15, 0.2) is 82.0 Å². The molecule has 336 valence electrons. The van der Waals surface area contributed by atoms with Crippen molar-refractivity contribution in [2.45, 2.75) is 36.9 Å². The van der Waals surface area contributed by atoms with Gasteiger partial charge in [0.1, 0.15) is 12.7 Å². The number of hydrogen-bond donors (Lipinski definition) is 14. The van der Waals surface area contributed by atoms with E-state index in [-0.39, 0.29) is 0 Å². The van der Waals surface area contributed by atoms with Crippen molar-refractivity contribution in [3.8, 4) is 91.2 Å². The van der Waals surface area contributed by atoms with E-state index in [1.807, 2.05) is 0 Å². The van der Waals surface area contributed by atoms with Crippen LogP contribution in [-0.2, 0) is 33.3 Å². The van der Waals surface area contributed by atoms with E-state index in [0.29, 0.717) is 12.1 Å². The highest BCUT2D eigenvalue weighted by molar-refractivity contribution is 6.18. The Balaban J connectivity index is 1.40. The van der Waals surface area contributed by atoms with E-state index in [9.17, 15) is 100 Å². The highest BCUT2D eigenvalue weighted by Gasteiger charge is 2.56. The molecular formula is C40H26O25. The number of rotatable bonds is 0. The molecule has 0 amide bonds. The number of phenols is 12. The normalized spacial score (nSPS) is 23.3. The number of aliphatic hydroxyl groups excluding tert-OH is 2. The molecule has 0 aromatic heterocycles. The largest absolute Gasteiger partial charge is 0.504 e. The Morgan fingerprint density at radius 2 is 0.923 bits per heavy atom. The van der Waals surface area contributed by atoms with Crippen LogP contribution in [0.1, 0.15) is 65.1 Å². The monoisotopic (exact) mass is 906 g/mol. The second-order valence-electron chi connectivity index (χ2n) is 15.0. The molecule has 0 spiro atoms. The summed E-state index contributed by atoms with van der Waals surface area (Å²) < 4.78 is 27.9. The zero-order chi connectivity index (χ0) is 47.1. The van der Waals surface area contributed by atoms with Crippen LogP contribution in [0.5, 0.6) is 69.0 Å². The van der Waals surface area contributed by atoms with Crippen LogP contribution in [0.25, 0.3) is 27.8 Å². The van der Waals surface area contributed by atoms with Crippen LogP contribution in [0.3, 0.4) is 0 Å². The van der Waals surface area contributed by atoms with Crippen molar-refractivity contribution in [1.82, 2.24) is 0 Å². The summed E-state index contributed by atoms with van der Waals surface area (Å²) in [6.07, 6.45) is -14.2. The van der Waals surface area contributed by atoms with Crippen molar-refractivity contribution in [2.24, 2.45) is 5.92 Å². The highest BCUT2D eigenvalue weighted by atomic mass is 16.6. The topological polar surface area (TPSA) is 432 Å². The Morgan fingerprint density at radius 3 is 1.52 bits per heavy atom. The maximum atomic E-state index is 14.9. The third-order valence-electron chi connectivity index (χ3n) is 11.5. The zero-order valence-corrected chi connectivity index (χ0v) is 31.8. The summed E-state index contributed by atoms with van der Waals surface area (Å²) in [5, 5.41) is 155. The molecule has 0 fully saturated rings. The molecule has 0 saturated heterocycles. The summed E-state index contributed by atoms with van der Waals surface area (Å²) in [7, 11) is 0. The summed E-state index contributed by atoms with van der Waals surface area (Å²) in [5.74, 6) is -31.6. The van der Waals surface area contributed by atoms with E-state index >= 15 is 0 Å². The van der Waals surface area contributed by atoms with Crippen molar-refractivity contribution in [3.63, 3.8) is 0 Å². The first-order chi connectivity index (χ1) is 30.6. The first kappa shape index (κ1) is 41.4. The predicted molar refractivity (Wildman–Crippen MR) is 199 cm³/mol.